The highest BCUT2D eigenvalue weighted by molar-refractivity contribution is 5.96. The van der Waals surface area contributed by atoms with Crippen LogP contribution in [0, 0.1) is 10.1 Å². The number of nitro benzene ring substituents is 1. The van der Waals surface area contributed by atoms with Gasteiger partial charge in [-0.15, -0.1) is 0 Å². The van der Waals surface area contributed by atoms with Crippen LogP contribution in [0.2, 0.25) is 0 Å². The molecule has 0 bridgehead atoms. The summed E-state index contributed by atoms with van der Waals surface area (Å²) in [4.78, 5) is 26.6. The third-order valence-corrected chi connectivity index (χ3v) is 6.05. The van der Waals surface area contributed by atoms with E-state index in [0.717, 1.165) is 37.1 Å². The molecule has 0 aliphatic carbocycles. The molecule has 0 radical (unpaired) electrons. The molecule has 0 aromatic heterocycles. The first kappa shape index (κ1) is 23.1. The van der Waals surface area contributed by atoms with Gasteiger partial charge in [0.05, 0.1) is 25.2 Å². The van der Waals surface area contributed by atoms with Gasteiger partial charge >= 0.3 is 0 Å². The SMILES string of the molecule is COc1ccc(C(NC(=O)c2ccc(N3CCCC3)c([N+](=O)[O-])c2)c2ccc(OC)cc2)cc1. The Kier molecular flexibility index (Phi) is 6.96. The Morgan fingerprint density at radius 2 is 1.44 bits per heavy atom. The molecule has 1 saturated heterocycles. The van der Waals surface area contributed by atoms with Crippen LogP contribution in [0.25, 0.3) is 0 Å². The van der Waals surface area contributed by atoms with E-state index >= 15 is 0 Å². The lowest BCUT2D eigenvalue weighted by atomic mass is 9.97. The molecule has 1 heterocycles. The van der Waals surface area contributed by atoms with Gasteiger partial charge < -0.3 is 19.7 Å². The van der Waals surface area contributed by atoms with Crippen molar-refractivity contribution in [2.75, 3.05) is 32.2 Å². The van der Waals surface area contributed by atoms with E-state index in [9.17, 15) is 14.9 Å². The maximum absolute atomic E-state index is 13.3. The van der Waals surface area contributed by atoms with E-state index in [0.29, 0.717) is 17.2 Å². The number of carbonyl (C=O) groups excluding carboxylic acids is 1. The number of ether oxygens (including phenoxy) is 2. The number of rotatable bonds is 8. The summed E-state index contributed by atoms with van der Waals surface area (Å²) in [5.74, 6) is 1.01. The fourth-order valence-corrected chi connectivity index (χ4v) is 4.20. The third kappa shape index (κ3) is 4.96. The Balaban J connectivity index is 1.65. The van der Waals surface area contributed by atoms with Gasteiger partial charge in [0.1, 0.15) is 17.2 Å². The number of benzene rings is 3. The number of carbonyl (C=O) groups is 1. The molecule has 0 unspecified atom stereocenters. The molecule has 34 heavy (non-hydrogen) atoms. The predicted octanol–water partition coefficient (Wildman–Crippen LogP) is 4.73. The van der Waals surface area contributed by atoms with Gasteiger partial charge in [-0.1, -0.05) is 24.3 Å². The van der Waals surface area contributed by atoms with Crippen LogP contribution < -0.4 is 19.7 Å². The van der Waals surface area contributed by atoms with Gasteiger partial charge in [-0.25, -0.2) is 0 Å². The van der Waals surface area contributed by atoms with Crippen LogP contribution >= 0.6 is 0 Å². The highest BCUT2D eigenvalue weighted by Crippen LogP contribution is 2.32. The molecule has 1 aliphatic rings. The van der Waals surface area contributed by atoms with Gasteiger partial charge in [0, 0.05) is 24.7 Å². The van der Waals surface area contributed by atoms with E-state index < -0.39 is 16.9 Å². The Morgan fingerprint density at radius 3 is 1.91 bits per heavy atom. The van der Waals surface area contributed by atoms with Crippen LogP contribution in [-0.2, 0) is 0 Å². The molecule has 1 aliphatic heterocycles. The second-order valence-corrected chi connectivity index (χ2v) is 8.11. The summed E-state index contributed by atoms with van der Waals surface area (Å²) < 4.78 is 10.5. The van der Waals surface area contributed by atoms with Crippen LogP contribution in [-0.4, -0.2) is 38.1 Å². The maximum Gasteiger partial charge on any atom is 0.293 e. The smallest absolute Gasteiger partial charge is 0.293 e. The number of nitro groups is 1. The number of nitrogens with one attached hydrogen (secondary N) is 1. The minimum Gasteiger partial charge on any atom is -0.497 e. The van der Waals surface area contributed by atoms with Crippen LogP contribution in [0.5, 0.6) is 11.5 Å². The first-order valence-corrected chi connectivity index (χ1v) is 11.1. The molecular weight excluding hydrogens is 434 g/mol. The zero-order valence-corrected chi connectivity index (χ0v) is 19.2. The number of amides is 1. The van der Waals surface area contributed by atoms with Crippen LogP contribution in [0.3, 0.4) is 0 Å². The topological polar surface area (TPSA) is 93.9 Å². The molecule has 8 heteroatoms. The van der Waals surface area contributed by atoms with Crippen LogP contribution in [0.1, 0.15) is 40.4 Å². The molecule has 1 N–H and O–H groups in total. The summed E-state index contributed by atoms with van der Waals surface area (Å²) >= 11 is 0. The van der Waals surface area contributed by atoms with Crippen molar-refractivity contribution < 1.29 is 19.2 Å². The van der Waals surface area contributed by atoms with E-state index in [1.54, 1.807) is 26.4 Å². The second kappa shape index (κ2) is 10.2. The average molecular weight is 462 g/mol. The average Bonchev–Trinajstić information content (AvgIpc) is 3.42. The van der Waals surface area contributed by atoms with E-state index in [-0.39, 0.29) is 11.3 Å². The highest BCUT2D eigenvalue weighted by atomic mass is 16.6. The van der Waals surface area contributed by atoms with Crippen molar-refractivity contribution in [1.29, 1.82) is 0 Å². The zero-order chi connectivity index (χ0) is 24.1. The molecule has 1 fully saturated rings. The summed E-state index contributed by atoms with van der Waals surface area (Å²) in [6.07, 6.45) is 2.01. The molecule has 0 spiro atoms. The third-order valence-electron chi connectivity index (χ3n) is 6.05. The van der Waals surface area contributed by atoms with Crippen molar-refractivity contribution in [1.82, 2.24) is 5.32 Å². The summed E-state index contributed by atoms with van der Waals surface area (Å²) in [6, 6.07) is 19.1. The number of hydrogen-bond donors (Lipinski definition) is 1. The van der Waals surface area contributed by atoms with E-state index in [2.05, 4.69) is 5.32 Å². The van der Waals surface area contributed by atoms with Crippen molar-refractivity contribution in [3.05, 3.63) is 93.5 Å². The number of hydrogen-bond acceptors (Lipinski definition) is 6. The molecule has 4 rings (SSSR count). The van der Waals surface area contributed by atoms with Gasteiger partial charge in [-0.05, 0) is 60.4 Å². The first-order valence-electron chi connectivity index (χ1n) is 11.1. The second-order valence-electron chi connectivity index (χ2n) is 8.11. The largest absolute Gasteiger partial charge is 0.497 e. The summed E-state index contributed by atoms with van der Waals surface area (Å²) in [6.45, 7) is 1.56. The Morgan fingerprint density at radius 1 is 0.912 bits per heavy atom. The van der Waals surface area contributed by atoms with Crippen molar-refractivity contribution >= 4 is 17.3 Å². The molecule has 0 atom stereocenters. The molecule has 8 nitrogen and oxygen atoms in total. The van der Waals surface area contributed by atoms with Gasteiger partial charge in [-0.2, -0.15) is 0 Å². The lowest BCUT2D eigenvalue weighted by Gasteiger charge is -2.21. The number of methoxy groups -OCH3 is 2. The first-order chi connectivity index (χ1) is 16.5. The maximum atomic E-state index is 13.3. The van der Waals surface area contributed by atoms with Crippen molar-refractivity contribution in [2.24, 2.45) is 0 Å². The lowest BCUT2D eigenvalue weighted by molar-refractivity contribution is -0.384. The van der Waals surface area contributed by atoms with Crippen LogP contribution in [0.4, 0.5) is 11.4 Å². The highest BCUT2D eigenvalue weighted by Gasteiger charge is 2.25. The van der Waals surface area contributed by atoms with E-state index in [4.69, 9.17) is 9.47 Å². The number of anilines is 1. The summed E-state index contributed by atoms with van der Waals surface area (Å²) in [7, 11) is 3.19. The van der Waals surface area contributed by atoms with E-state index in [1.165, 1.54) is 6.07 Å². The lowest BCUT2D eigenvalue weighted by Crippen LogP contribution is -2.29. The van der Waals surface area contributed by atoms with Gasteiger partial charge in [0.25, 0.3) is 11.6 Å². The minimum atomic E-state index is -0.471. The fourth-order valence-electron chi connectivity index (χ4n) is 4.20. The Hall–Kier alpha value is -4.07. The summed E-state index contributed by atoms with van der Waals surface area (Å²) in [5, 5.41) is 14.8. The summed E-state index contributed by atoms with van der Waals surface area (Å²) in [5.41, 5.74) is 2.44. The van der Waals surface area contributed by atoms with Gasteiger partial charge in [0.2, 0.25) is 0 Å². The molecular formula is C26H27N3O5. The Bertz CT molecular complexity index is 1110. The molecule has 176 valence electrons. The minimum absolute atomic E-state index is 0.0556. The van der Waals surface area contributed by atoms with Gasteiger partial charge in [0.15, 0.2) is 0 Å². The fraction of sp³-hybridized carbons (Fsp3) is 0.269. The predicted molar refractivity (Wildman–Crippen MR) is 130 cm³/mol. The molecule has 3 aromatic rings. The quantitative estimate of drug-likeness (QED) is 0.385. The monoisotopic (exact) mass is 461 g/mol. The van der Waals surface area contributed by atoms with Crippen LogP contribution in [0.15, 0.2) is 66.7 Å². The van der Waals surface area contributed by atoms with E-state index in [1.807, 2.05) is 53.4 Å². The molecule has 3 aromatic carbocycles. The van der Waals surface area contributed by atoms with Gasteiger partial charge in [-0.3, -0.25) is 14.9 Å². The normalized spacial score (nSPS) is 13.1. The zero-order valence-electron chi connectivity index (χ0n) is 19.2. The molecule has 0 saturated carbocycles. The standard InChI is InChI=1S/C26H27N3O5/c1-33-21-10-5-18(6-11-21)25(19-7-12-22(34-2)13-8-19)27-26(30)20-9-14-23(24(17-20)29(31)32)28-15-3-4-16-28/h5-14,17,25H,3-4,15-16H2,1-2H3,(H,27,30). The van der Waals surface area contributed by atoms with Crippen molar-refractivity contribution in [2.45, 2.75) is 18.9 Å². The van der Waals surface area contributed by atoms with Crippen molar-refractivity contribution in [3.63, 3.8) is 0 Å². The van der Waals surface area contributed by atoms with Crippen molar-refractivity contribution in [3.8, 4) is 11.5 Å². The Labute approximate surface area is 198 Å². The number of nitrogens with zero attached hydrogens (tertiary/aromatic N) is 2. The molecule has 1 amide bonds.